The lowest BCUT2D eigenvalue weighted by atomic mass is 9.72. The molecule has 0 unspecified atom stereocenters. The molecule has 0 aromatic carbocycles. The Kier molecular flexibility index (Phi) is 6.16. The van der Waals surface area contributed by atoms with E-state index in [1.54, 1.807) is 12.1 Å². The molecular weight excluding hydrogens is 507 g/mol. The number of carbonyl (C=O) groups excluding carboxylic acids is 1. The quantitative estimate of drug-likeness (QED) is 0.382. The maximum absolute atomic E-state index is 13.9. The van der Waals surface area contributed by atoms with Gasteiger partial charge in [-0.1, -0.05) is 26.8 Å². The highest BCUT2D eigenvalue weighted by Gasteiger charge is 2.47. The van der Waals surface area contributed by atoms with E-state index in [1.807, 2.05) is 5.38 Å². The number of nitrogens with zero attached hydrogens (tertiary/aromatic N) is 3. The van der Waals surface area contributed by atoms with Crippen molar-refractivity contribution in [2.45, 2.75) is 64.7 Å². The van der Waals surface area contributed by atoms with Gasteiger partial charge in [-0.05, 0) is 47.6 Å². The van der Waals surface area contributed by atoms with Gasteiger partial charge in [0.2, 0.25) is 0 Å². The normalized spacial score (nSPS) is 21.8. The number of fused-ring (bicyclic) bond motifs is 2. The van der Waals surface area contributed by atoms with E-state index < -0.39 is 24.2 Å². The molecule has 0 spiro atoms. The third kappa shape index (κ3) is 4.52. The van der Waals surface area contributed by atoms with Crippen LogP contribution < -0.4 is 10.6 Å². The van der Waals surface area contributed by atoms with E-state index in [0.717, 1.165) is 39.3 Å². The molecule has 1 aliphatic carbocycles. The zero-order valence-electron chi connectivity index (χ0n) is 20.1. The Balaban J connectivity index is 1.42. The molecule has 3 aromatic rings. The maximum Gasteiger partial charge on any atom is 0.410 e. The topological polar surface area (TPSA) is 82.7 Å². The first-order valence-corrected chi connectivity index (χ1v) is 13.5. The Morgan fingerprint density at radius 3 is 2.75 bits per heavy atom. The van der Waals surface area contributed by atoms with Gasteiger partial charge < -0.3 is 10.6 Å². The number of amides is 1. The molecule has 6 nitrogen and oxygen atoms in total. The first-order chi connectivity index (χ1) is 17.0. The van der Waals surface area contributed by atoms with Crippen molar-refractivity contribution >= 4 is 39.4 Å². The number of aromatic nitrogens is 2. The number of thiophene rings is 2. The number of rotatable bonds is 3. The lowest BCUT2D eigenvalue weighted by molar-refractivity contribution is -0.173. The van der Waals surface area contributed by atoms with E-state index in [9.17, 15) is 23.2 Å². The van der Waals surface area contributed by atoms with Crippen molar-refractivity contribution in [3.8, 4) is 6.07 Å². The molecule has 1 amide bonds. The number of nitriles is 1. The van der Waals surface area contributed by atoms with E-state index in [1.165, 1.54) is 28.7 Å². The predicted octanol–water partition coefficient (Wildman–Crippen LogP) is 6.94. The highest BCUT2D eigenvalue weighted by molar-refractivity contribution is 7.16. The van der Waals surface area contributed by atoms with Crippen LogP contribution in [0.4, 0.5) is 24.0 Å². The van der Waals surface area contributed by atoms with Crippen LogP contribution in [0.15, 0.2) is 23.6 Å². The molecule has 0 saturated heterocycles. The van der Waals surface area contributed by atoms with Crippen LogP contribution in [0.5, 0.6) is 0 Å². The summed E-state index contributed by atoms with van der Waals surface area (Å²) in [4.78, 5) is 15.0. The maximum atomic E-state index is 13.9. The molecule has 36 heavy (non-hydrogen) atoms. The highest BCUT2D eigenvalue weighted by atomic mass is 32.1. The summed E-state index contributed by atoms with van der Waals surface area (Å²) in [6.07, 6.45) is -2.15. The SMILES string of the molecule is CC(C)(C)[C@@H]1CCc2c(sc(NC(=O)c3cc4n(n3)[C@H](C(F)(F)F)C[C@H](c3cccs3)N4)c2C#N)C1. The van der Waals surface area contributed by atoms with Crippen molar-refractivity contribution in [2.24, 2.45) is 11.3 Å². The minimum Gasteiger partial charge on any atom is -0.363 e. The number of halogens is 3. The van der Waals surface area contributed by atoms with Gasteiger partial charge in [-0.3, -0.25) is 4.79 Å². The lowest BCUT2D eigenvalue weighted by Gasteiger charge is -2.33. The molecule has 0 saturated carbocycles. The molecule has 0 bridgehead atoms. The first-order valence-electron chi connectivity index (χ1n) is 11.8. The van der Waals surface area contributed by atoms with Crippen molar-refractivity contribution in [1.82, 2.24) is 9.78 Å². The van der Waals surface area contributed by atoms with Crippen LogP contribution in [-0.2, 0) is 12.8 Å². The zero-order chi connectivity index (χ0) is 25.8. The van der Waals surface area contributed by atoms with Crippen LogP contribution in [0.2, 0.25) is 0 Å². The van der Waals surface area contributed by atoms with Gasteiger partial charge in [-0.2, -0.15) is 23.5 Å². The Hall–Kier alpha value is -2.84. The minimum absolute atomic E-state index is 0.124. The summed E-state index contributed by atoms with van der Waals surface area (Å²) >= 11 is 2.77. The van der Waals surface area contributed by atoms with Gasteiger partial charge in [0.25, 0.3) is 5.91 Å². The van der Waals surface area contributed by atoms with Crippen LogP contribution in [0.1, 0.15) is 77.1 Å². The molecule has 2 aliphatic rings. The van der Waals surface area contributed by atoms with Crippen molar-refractivity contribution in [3.05, 3.63) is 50.2 Å². The van der Waals surface area contributed by atoms with Crippen molar-refractivity contribution in [3.63, 3.8) is 0 Å². The van der Waals surface area contributed by atoms with Crippen LogP contribution >= 0.6 is 22.7 Å². The lowest BCUT2D eigenvalue weighted by Crippen LogP contribution is -2.35. The monoisotopic (exact) mass is 533 g/mol. The number of nitrogens with one attached hydrogen (secondary N) is 2. The van der Waals surface area contributed by atoms with Crippen molar-refractivity contribution < 1.29 is 18.0 Å². The van der Waals surface area contributed by atoms with Gasteiger partial charge in [0.1, 0.15) is 16.9 Å². The number of anilines is 2. The average molecular weight is 534 g/mol. The standard InChI is InChI=1S/C25H26F3N5OS2/c1-24(2,3)13-6-7-14-15(12-29)23(36-19(14)9-13)31-22(34)17-11-21-30-16(18-5-4-8-35-18)10-20(25(26,27)28)33(21)32-17/h4-5,8,11,13,16,20,30H,6-7,9-10H2,1-3H3,(H,31,34)/t13-,16-,20+/m1/s1. The van der Waals surface area contributed by atoms with Crippen molar-refractivity contribution in [2.75, 3.05) is 10.6 Å². The van der Waals surface area contributed by atoms with Gasteiger partial charge in [-0.25, -0.2) is 4.68 Å². The highest BCUT2D eigenvalue weighted by Crippen LogP contribution is 2.46. The summed E-state index contributed by atoms with van der Waals surface area (Å²) in [6, 6.07) is 4.79. The molecule has 5 rings (SSSR count). The summed E-state index contributed by atoms with van der Waals surface area (Å²) in [5, 5.41) is 22.0. The summed E-state index contributed by atoms with van der Waals surface area (Å²) in [5.74, 6) is -0.0128. The minimum atomic E-state index is -4.52. The zero-order valence-corrected chi connectivity index (χ0v) is 21.7. The molecule has 0 radical (unpaired) electrons. The van der Waals surface area contributed by atoms with Gasteiger partial charge in [0.15, 0.2) is 11.7 Å². The number of carbonyl (C=O) groups is 1. The third-order valence-electron chi connectivity index (χ3n) is 7.14. The fourth-order valence-corrected chi connectivity index (χ4v) is 7.12. The second-order valence-corrected chi connectivity index (χ2v) is 12.5. The first kappa shape index (κ1) is 24.8. The molecule has 1 aliphatic heterocycles. The fourth-order valence-electron chi connectivity index (χ4n) is 5.06. The smallest absolute Gasteiger partial charge is 0.363 e. The van der Waals surface area contributed by atoms with Crippen LogP contribution in [0.25, 0.3) is 0 Å². The van der Waals surface area contributed by atoms with E-state index >= 15 is 0 Å². The molecular formula is C25H26F3N5OS2. The summed E-state index contributed by atoms with van der Waals surface area (Å²) in [6.45, 7) is 6.61. The molecule has 190 valence electrons. The van der Waals surface area contributed by atoms with Gasteiger partial charge in [0.05, 0.1) is 11.6 Å². The summed E-state index contributed by atoms with van der Waals surface area (Å²) < 4.78 is 42.6. The molecule has 0 fully saturated rings. The van der Waals surface area contributed by atoms with E-state index in [-0.39, 0.29) is 23.3 Å². The molecule has 3 aromatic heterocycles. The fraction of sp³-hybridized carbons (Fsp3) is 0.480. The van der Waals surface area contributed by atoms with Crippen molar-refractivity contribution in [1.29, 1.82) is 5.26 Å². The summed E-state index contributed by atoms with van der Waals surface area (Å²) in [7, 11) is 0. The van der Waals surface area contributed by atoms with E-state index in [0.29, 0.717) is 16.5 Å². The molecule has 2 N–H and O–H groups in total. The van der Waals surface area contributed by atoms with Gasteiger partial charge >= 0.3 is 6.18 Å². The van der Waals surface area contributed by atoms with Crippen LogP contribution in [0, 0.1) is 22.7 Å². The number of alkyl halides is 3. The molecule has 4 heterocycles. The van der Waals surface area contributed by atoms with Crippen LogP contribution in [-0.4, -0.2) is 21.9 Å². The van der Waals surface area contributed by atoms with E-state index in [4.69, 9.17) is 0 Å². The second-order valence-electron chi connectivity index (χ2n) is 10.4. The predicted molar refractivity (Wildman–Crippen MR) is 135 cm³/mol. The van der Waals surface area contributed by atoms with Gasteiger partial charge in [0, 0.05) is 22.2 Å². The Morgan fingerprint density at radius 2 is 2.11 bits per heavy atom. The number of hydrogen-bond acceptors (Lipinski definition) is 6. The molecule has 11 heteroatoms. The third-order valence-corrected chi connectivity index (χ3v) is 9.29. The van der Waals surface area contributed by atoms with E-state index in [2.05, 4.69) is 42.6 Å². The Morgan fingerprint density at radius 1 is 1.33 bits per heavy atom. The largest absolute Gasteiger partial charge is 0.410 e. The average Bonchev–Trinajstić information content (AvgIpc) is 3.54. The van der Waals surface area contributed by atoms with Crippen LogP contribution in [0.3, 0.4) is 0 Å². The van der Waals surface area contributed by atoms with Gasteiger partial charge in [-0.15, -0.1) is 22.7 Å². The second kappa shape index (κ2) is 8.92. The Labute approximate surface area is 215 Å². The summed E-state index contributed by atoms with van der Waals surface area (Å²) in [5.41, 5.74) is 1.43. The molecule has 3 atom stereocenters. The Bertz CT molecular complexity index is 1330. The number of hydrogen-bond donors (Lipinski definition) is 2.